The van der Waals surface area contributed by atoms with Crippen molar-refractivity contribution in [1.82, 2.24) is 20.4 Å². The van der Waals surface area contributed by atoms with E-state index in [-0.39, 0.29) is 18.1 Å². The number of benzene rings is 1. The van der Waals surface area contributed by atoms with Gasteiger partial charge in [-0.25, -0.2) is 9.59 Å². The van der Waals surface area contributed by atoms with Gasteiger partial charge < -0.3 is 15.4 Å². The van der Waals surface area contributed by atoms with E-state index in [0.717, 1.165) is 31.7 Å². The normalized spacial score (nSPS) is 20.2. The van der Waals surface area contributed by atoms with Crippen molar-refractivity contribution in [1.29, 1.82) is 0 Å². The lowest BCUT2D eigenvalue weighted by molar-refractivity contribution is -0.139. The fourth-order valence-corrected chi connectivity index (χ4v) is 4.15. The molecule has 2 amide bonds. The van der Waals surface area contributed by atoms with Crippen LogP contribution in [0.1, 0.15) is 44.9 Å². The molecule has 1 aromatic rings. The van der Waals surface area contributed by atoms with E-state index in [1.807, 2.05) is 12.1 Å². The Morgan fingerprint density at radius 3 is 2.44 bits per heavy atom. The second kappa shape index (κ2) is 10.3. The second-order valence-electron chi connectivity index (χ2n) is 9.26. The quantitative estimate of drug-likeness (QED) is 0.504. The summed E-state index contributed by atoms with van der Waals surface area (Å²) in [7, 11) is 0. The number of esters is 1. The average molecular weight is 441 g/mol. The molecule has 0 aliphatic carbocycles. The number of hydrogen-bond acceptors (Lipinski definition) is 5. The Bertz CT molecular complexity index is 864. The van der Waals surface area contributed by atoms with Crippen LogP contribution in [0.5, 0.6) is 0 Å². The smallest absolute Gasteiger partial charge is 0.338 e. The molecule has 3 rings (SSSR count). The van der Waals surface area contributed by atoms with Crippen LogP contribution in [0.3, 0.4) is 0 Å². The molecule has 1 aromatic carbocycles. The molecule has 2 N–H and O–H groups in total. The van der Waals surface area contributed by atoms with Crippen molar-refractivity contribution >= 4 is 12.0 Å². The number of rotatable bonds is 7. The van der Waals surface area contributed by atoms with Crippen LogP contribution in [-0.4, -0.2) is 67.7 Å². The van der Waals surface area contributed by atoms with Gasteiger partial charge in [0.15, 0.2) is 0 Å². The van der Waals surface area contributed by atoms with Crippen LogP contribution in [0.4, 0.5) is 4.79 Å². The topological polar surface area (TPSA) is 73.9 Å². The minimum atomic E-state index is -0.561. The summed E-state index contributed by atoms with van der Waals surface area (Å²) < 4.78 is 5.46. The van der Waals surface area contributed by atoms with Crippen LogP contribution < -0.4 is 10.6 Å². The SMILES string of the molecule is C=CCN1C(=O)NC(c2ccc(C(C)(C)C)cc2)C(C(=O)OCC)=C1CN1CCNCC1. The summed E-state index contributed by atoms with van der Waals surface area (Å²) in [6.45, 7) is 16.7. The molecule has 7 nitrogen and oxygen atoms in total. The molecule has 0 aromatic heterocycles. The summed E-state index contributed by atoms with van der Waals surface area (Å²) in [5.74, 6) is -0.392. The highest BCUT2D eigenvalue weighted by Crippen LogP contribution is 2.33. The van der Waals surface area contributed by atoms with Crippen LogP contribution in [-0.2, 0) is 14.9 Å². The molecule has 174 valence electrons. The number of urea groups is 1. The first-order chi connectivity index (χ1) is 15.3. The Morgan fingerprint density at radius 1 is 1.22 bits per heavy atom. The molecule has 2 aliphatic rings. The number of hydrogen-bond donors (Lipinski definition) is 2. The van der Waals surface area contributed by atoms with E-state index in [4.69, 9.17) is 4.74 Å². The fraction of sp³-hybridized carbons (Fsp3) is 0.520. The molecule has 1 atom stereocenters. The number of carbonyl (C=O) groups is 2. The van der Waals surface area contributed by atoms with Gasteiger partial charge in [0.25, 0.3) is 0 Å². The summed E-state index contributed by atoms with van der Waals surface area (Å²) in [6.07, 6.45) is 1.68. The highest BCUT2D eigenvalue weighted by atomic mass is 16.5. The predicted octanol–water partition coefficient (Wildman–Crippen LogP) is 2.96. The van der Waals surface area contributed by atoms with Crippen LogP contribution in [0.25, 0.3) is 0 Å². The summed E-state index contributed by atoms with van der Waals surface area (Å²) in [5.41, 5.74) is 3.27. The zero-order valence-electron chi connectivity index (χ0n) is 19.7. The van der Waals surface area contributed by atoms with Crippen molar-refractivity contribution < 1.29 is 14.3 Å². The molecule has 0 bridgehead atoms. The zero-order chi connectivity index (χ0) is 23.3. The van der Waals surface area contributed by atoms with Gasteiger partial charge in [-0.05, 0) is 23.5 Å². The van der Waals surface area contributed by atoms with Crippen molar-refractivity contribution in [3.63, 3.8) is 0 Å². The van der Waals surface area contributed by atoms with Gasteiger partial charge in [-0.2, -0.15) is 0 Å². The van der Waals surface area contributed by atoms with Crippen molar-refractivity contribution in [2.45, 2.75) is 39.2 Å². The number of nitrogens with one attached hydrogen (secondary N) is 2. The second-order valence-corrected chi connectivity index (χ2v) is 9.26. The average Bonchev–Trinajstić information content (AvgIpc) is 2.76. The number of amides is 2. The number of piperazine rings is 1. The lowest BCUT2D eigenvalue weighted by Crippen LogP contribution is -2.52. The Balaban J connectivity index is 2.08. The third-order valence-corrected chi connectivity index (χ3v) is 5.94. The monoisotopic (exact) mass is 440 g/mol. The summed E-state index contributed by atoms with van der Waals surface area (Å²) in [5, 5.41) is 6.38. The van der Waals surface area contributed by atoms with E-state index >= 15 is 0 Å². The maximum atomic E-state index is 13.2. The molecule has 0 saturated carbocycles. The molecule has 2 heterocycles. The largest absolute Gasteiger partial charge is 0.463 e. The fourth-order valence-electron chi connectivity index (χ4n) is 4.15. The summed E-state index contributed by atoms with van der Waals surface area (Å²) in [6, 6.07) is 7.34. The molecule has 0 radical (unpaired) electrons. The molecule has 2 aliphatic heterocycles. The Morgan fingerprint density at radius 2 is 1.88 bits per heavy atom. The molecule has 1 fully saturated rings. The van der Waals surface area contributed by atoms with Gasteiger partial charge in [0.05, 0.1) is 18.2 Å². The highest BCUT2D eigenvalue weighted by Gasteiger charge is 2.38. The van der Waals surface area contributed by atoms with Crippen molar-refractivity contribution in [2.75, 3.05) is 45.9 Å². The molecular weight excluding hydrogens is 404 g/mol. The summed E-state index contributed by atoms with van der Waals surface area (Å²) in [4.78, 5) is 30.2. The van der Waals surface area contributed by atoms with Crippen LogP contribution in [0, 0.1) is 0 Å². The van der Waals surface area contributed by atoms with E-state index in [1.54, 1.807) is 17.9 Å². The predicted molar refractivity (Wildman–Crippen MR) is 126 cm³/mol. The standard InChI is InChI=1S/C25H36N4O3/c1-6-14-29-20(17-28-15-12-26-13-16-28)21(23(30)32-7-2)22(27-24(29)31)18-8-10-19(11-9-18)25(3,4)5/h6,8-11,22,26H,1,7,12-17H2,2-5H3,(H,27,31). The zero-order valence-corrected chi connectivity index (χ0v) is 19.7. The van der Waals surface area contributed by atoms with Gasteiger partial charge in [0, 0.05) is 45.0 Å². The minimum Gasteiger partial charge on any atom is -0.463 e. The van der Waals surface area contributed by atoms with Crippen LogP contribution >= 0.6 is 0 Å². The van der Waals surface area contributed by atoms with Crippen molar-refractivity contribution in [3.8, 4) is 0 Å². The summed E-state index contributed by atoms with van der Waals surface area (Å²) >= 11 is 0. The van der Waals surface area contributed by atoms with Gasteiger partial charge in [-0.1, -0.05) is 51.1 Å². The number of nitrogens with zero attached hydrogens (tertiary/aromatic N) is 2. The van der Waals surface area contributed by atoms with Gasteiger partial charge in [0.2, 0.25) is 0 Å². The van der Waals surface area contributed by atoms with E-state index in [9.17, 15) is 9.59 Å². The molecule has 32 heavy (non-hydrogen) atoms. The van der Waals surface area contributed by atoms with Gasteiger partial charge >= 0.3 is 12.0 Å². The molecule has 7 heteroatoms. The van der Waals surface area contributed by atoms with E-state index in [2.05, 4.69) is 55.0 Å². The highest BCUT2D eigenvalue weighted by molar-refractivity contribution is 5.95. The van der Waals surface area contributed by atoms with Gasteiger partial charge in [0.1, 0.15) is 0 Å². The van der Waals surface area contributed by atoms with E-state index in [0.29, 0.717) is 24.4 Å². The first kappa shape index (κ1) is 24.0. The van der Waals surface area contributed by atoms with Crippen LogP contribution in [0.2, 0.25) is 0 Å². The third kappa shape index (κ3) is 5.40. The minimum absolute atomic E-state index is 0.0162. The first-order valence-electron chi connectivity index (χ1n) is 11.4. The molecule has 1 saturated heterocycles. The Hall–Kier alpha value is -2.64. The lowest BCUT2D eigenvalue weighted by Gasteiger charge is -2.39. The third-order valence-electron chi connectivity index (χ3n) is 5.94. The lowest BCUT2D eigenvalue weighted by atomic mass is 9.85. The Kier molecular flexibility index (Phi) is 7.74. The maximum absolute atomic E-state index is 13.2. The maximum Gasteiger partial charge on any atom is 0.338 e. The van der Waals surface area contributed by atoms with Crippen LogP contribution in [0.15, 0.2) is 48.2 Å². The van der Waals surface area contributed by atoms with Gasteiger partial charge in [-0.3, -0.25) is 9.80 Å². The number of carbonyl (C=O) groups excluding carboxylic acids is 2. The molecule has 1 unspecified atom stereocenters. The Labute approximate surface area is 191 Å². The first-order valence-corrected chi connectivity index (χ1v) is 11.4. The van der Waals surface area contributed by atoms with Gasteiger partial charge in [-0.15, -0.1) is 6.58 Å². The molecule has 0 spiro atoms. The number of ether oxygens (including phenoxy) is 1. The van der Waals surface area contributed by atoms with E-state index in [1.165, 1.54) is 5.56 Å². The van der Waals surface area contributed by atoms with E-state index < -0.39 is 12.0 Å². The van der Waals surface area contributed by atoms with Crippen molar-refractivity contribution in [2.24, 2.45) is 0 Å². The van der Waals surface area contributed by atoms with Crippen molar-refractivity contribution in [3.05, 3.63) is 59.3 Å². The molecular formula is C25H36N4O3.